The lowest BCUT2D eigenvalue weighted by atomic mass is 9.96. The van der Waals surface area contributed by atoms with Crippen molar-refractivity contribution in [3.8, 4) is 0 Å². The lowest BCUT2D eigenvalue weighted by Gasteiger charge is -2.18. The number of nitrogens with one attached hydrogen (secondary N) is 2. The summed E-state index contributed by atoms with van der Waals surface area (Å²) in [6, 6.07) is 7.66. The van der Waals surface area contributed by atoms with Crippen molar-refractivity contribution in [3.05, 3.63) is 40.3 Å². The number of amides is 2. The van der Waals surface area contributed by atoms with Gasteiger partial charge in [0.25, 0.3) is 5.91 Å². The Hall–Kier alpha value is -2.87. The van der Waals surface area contributed by atoms with Gasteiger partial charge in [-0.2, -0.15) is 0 Å². The SMILES string of the molecule is Cc1sc(NC(=O)C(C)(C)C)c(C(=O)OCC(=O)Nc2ccc(N3CCCC3)cc2)c1C. The molecule has 1 aromatic heterocycles. The van der Waals surface area contributed by atoms with Gasteiger partial charge in [0.05, 0.1) is 5.56 Å². The zero-order valence-corrected chi connectivity index (χ0v) is 20.1. The maximum Gasteiger partial charge on any atom is 0.341 e. The predicted octanol–water partition coefficient (Wildman–Crippen LogP) is 4.75. The number of anilines is 3. The summed E-state index contributed by atoms with van der Waals surface area (Å²) < 4.78 is 5.27. The Balaban J connectivity index is 1.59. The number of carbonyl (C=O) groups is 3. The topological polar surface area (TPSA) is 87.7 Å². The van der Waals surface area contributed by atoms with E-state index in [1.165, 1.54) is 24.2 Å². The molecule has 3 rings (SSSR count). The Bertz CT molecular complexity index is 999. The number of aryl methyl sites for hydroxylation is 1. The van der Waals surface area contributed by atoms with Crippen LogP contribution in [0.2, 0.25) is 0 Å². The number of carbonyl (C=O) groups excluding carboxylic acids is 3. The van der Waals surface area contributed by atoms with E-state index in [0.717, 1.165) is 29.2 Å². The van der Waals surface area contributed by atoms with Crippen LogP contribution in [0.4, 0.5) is 16.4 Å². The lowest BCUT2D eigenvalue weighted by molar-refractivity contribution is -0.123. The second-order valence-electron chi connectivity index (χ2n) is 9.06. The van der Waals surface area contributed by atoms with Crippen molar-refractivity contribution < 1.29 is 19.1 Å². The fourth-order valence-corrected chi connectivity index (χ4v) is 4.43. The summed E-state index contributed by atoms with van der Waals surface area (Å²) in [5, 5.41) is 6.02. The van der Waals surface area contributed by atoms with E-state index in [4.69, 9.17) is 4.74 Å². The summed E-state index contributed by atoms with van der Waals surface area (Å²) >= 11 is 1.32. The van der Waals surface area contributed by atoms with Crippen molar-refractivity contribution in [3.63, 3.8) is 0 Å². The first-order valence-electron chi connectivity index (χ1n) is 10.8. The van der Waals surface area contributed by atoms with Gasteiger partial charge in [0.2, 0.25) is 5.91 Å². The number of nitrogens with zero attached hydrogens (tertiary/aromatic N) is 1. The molecule has 1 fully saturated rings. The van der Waals surface area contributed by atoms with E-state index >= 15 is 0 Å². The average Bonchev–Trinajstić information content (AvgIpc) is 3.35. The van der Waals surface area contributed by atoms with E-state index in [1.807, 2.05) is 31.2 Å². The van der Waals surface area contributed by atoms with E-state index < -0.39 is 23.9 Å². The second-order valence-corrected chi connectivity index (χ2v) is 10.3. The van der Waals surface area contributed by atoms with Gasteiger partial charge < -0.3 is 20.3 Å². The van der Waals surface area contributed by atoms with Gasteiger partial charge in [-0.3, -0.25) is 9.59 Å². The molecule has 1 aliphatic rings. The Kier molecular flexibility index (Phi) is 7.23. The molecule has 2 heterocycles. The van der Waals surface area contributed by atoms with E-state index in [-0.39, 0.29) is 5.91 Å². The number of esters is 1. The quantitative estimate of drug-likeness (QED) is 0.612. The third-order valence-corrected chi connectivity index (χ3v) is 6.58. The Morgan fingerprint density at radius 3 is 2.25 bits per heavy atom. The van der Waals surface area contributed by atoms with Crippen LogP contribution in [0.15, 0.2) is 24.3 Å². The van der Waals surface area contributed by atoms with Crippen LogP contribution < -0.4 is 15.5 Å². The molecule has 1 aromatic carbocycles. The first-order valence-corrected chi connectivity index (χ1v) is 11.6. The number of hydrogen-bond donors (Lipinski definition) is 2. The summed E-state index contributed by atoms with van der Waals surface area (Å²) in [6.45, 7) is 10.8. The van der Waals surface area contributed by atoms with E-state index in [1.54, 1.807) is 27.7 Å². The number of ether oxygens (including phenoxy) is 1. The number of thiophene rings is 1. The summed E-state index contributed by atoms with van der Waals surface area (Å²) in [5.41, 5.74) is 2.22. The molecule has 0 unspecified atom stereocenters. The number of benzene rings is 1. The fourth-order valence-electron chi connectivity index (χ4n) is 3.38. The smallest absolute Gasteiger partial charge is 0.341 e. The maximum absolute atomic E-state index is 12.7. The minimum Gasteiger partial charge on any atom is -0.452 e. The monoisotopic (exact) mass is 457 g/mol. The first kappa shape index (κ1) is 23.8. The van der Waals surface area contributed by atoms with E-state index in [2.05, 4.69) is 15.5 Å². The molecule has 1 aliphatic heterocycles. The molecule has 0 saturated carbocycles. The second kappa shape index (κ2) is 9.73. The van der Waals surface area contributed by atoms with Crippen LogP contribution in [0.25, 0.3) is 0 Å². The van der Waals surface area contributed by atoms with Crippen molar-refractivity contribution in [1.82, 2.24) is 0 Å². The summed E-state index contributed by atoms with van der Waals surface area (Å²) in [5.74, 6) is -1.24. The molecule has 1 saturated heterocycles. The molecule has 0 spiro atoms. The van der Waals surface area contributed by atoms with Crippen LogP contribution in [0.5, 0.6) is 0 Å². The summed E-state index contributed by atoms with van der Waals surface area (Å²) in [6.07, 6.45) is 2.41. The lowest BCUT2D eigenvalue weighted by Crippen LogP contribution is -2.28. The highest BCUT2D eigenvalue weighted by molar-refractivity contribution is 7.16. The molecule has 8 heteroatoms. The Morgan fingerprint density at radius 2 is 1.66 bits per heavy atom. The van der Waals surface area contributed by atoms with Gasteiger partial charge in [-0.05, 0) is 56.5 Å². The molecule has 0 radical (unpaired) electrons. The maximum atomic E-state index is 12.7. The van der Waals surface area contributed by atoms with Crippen LogP contribution >= 0.6 is 11.3 Å². The van der Waals surface area contributed by atoms with Crippen LogP contribution in [0.1, 0.15) is 54.4 Å². The van der Waals surface area contributed by atoms with Crippen molar-refractivity contribution in [2.45, 2.75) is 47.5 Å². The van der Waals surface area contributed by atoms with E-state index in [9.17, 15) is 14.4 Å². The first-order chi connectivity index (χ1) is 15.1. The molecular formula is C24H31N3O4S. The molecule has 2 aromatic rings. The summed E-state index contributed by atoms with van der Waals surface area (Å²) in [7, 11) is 0. The third kappa shape index (κ3) is 5.68. The van der Waals surface area contributed by atoms with Crippen LogP contribution in [-0.4, -0.2) is 37.5 Å². The van der Waals surface area contributed by atoms with Gasteiger partial charge in [-0.15, -0.1) is 11.3 Å². The minimum absolute atomic E-state index is 0.192. The molecule has 0 bridgehead atoms. The van der Waals surface area contributed by atoms with Gasteiger partial charge in [0.15, 0.2) is 6.61 Å². The zero-order chi connectivity index (χ0) is 23.5. The zero-order valence-electron chi connectivity index (χ0n) is 19.3. The van der Waals surface area contributed by atoms with Gasteiger partial charge >= 0.3 is 5.97 Å². The highest BCUT2D eigenvalue weighted by Crippen LogP contribution is 2.34. The van der Waals surface area contributed by atoms with Crippen molar-refractivity contribution in [2.75, 3.05) is 35.2 Å². The highest BCUT2D eigenvalue weighted by Gasteiger charge is 2.27. The molecule has 172 valence electrons. The third-order valence-electron chi connectivity index (χ3n) is 5.45. The predicted molar refractivity (Wildman–Crippen MR) is 129 cm³/mol. The Morgan fingerprint density at radius 1 is 1.03 bits per heavy atom. The molecule has 0 aliphatic carbocycles. The minimum atomic E-state index is -0.629. The molecule has 2 amide bonds. The molecule has 0 atom stereocenters. The number of rotatable bonds is 6. The molecule has 7 nitrogen and oxygen atoms in total. The molecular weight excluding hydrogens is 426 g/mol. The van der Waals surface area contributed by atoms with Gasteiger partial charge in [0.1, 0.15) is 5.00 Å². The van der Waals surface area contributed by atoms with Gasteiger partial charge in [-0.25, -0.2) is 4.79 Å². The van der Waals surface area contributed by atoms with Crippen LogP contribution in [0, 0.1) is 19.3 Å². The Labute approximate surface area is 193 Å². The van der Waals surface area contributed by atoms with Gasteiger partial charge in [0, 0.05) is 34.8 Å². The normalized spacial score (nSPS) is 13.7. The van der Waals surface area contributed by atoms with Crippen LogP contribution in [0.3, 0.4) is 0 Å². The molecule has 32 heavy (non-hydrogen) atoms. The largest absolute Gasteiger partial charge is 0.452 e. The van der Waals surface area contributed by atoms with Crippen molar-refractivity contribution >= 4 is 45.5 Å². The van der Waals surface area contributed by atoms with Crippen molar-refractivity contribution in [2.24, 2.45) is 5.41 Å². The number of hydrogen-bond acceptors (Lipinski definition) is 6. The van der Waals surface area contributed by atoms with Crippen LogP contribution in [-0.2, 0) is 14.3 Å². The molecule has 2 N–H and O–H groups in total. The van der Waals surface area contributed by atoms with Crippen molar-refractivity contribution in [1.29, 1.82) is 0 Å². The highest BCUT2D eigenvalue weighted by atomic mass is 32.1. The van der Waals surface area contributed by atoms with Gasteiger partial charge in [-0.1, -0.05) is 20.8 Å². The fraction of sp³-hybridized carbons (Fsp3) is 0.458. The average molecular weight is 458 g/mol. The summed E-state index contributed by atoms with van der Waals surface area (Å²) in [4.78, 5) is 40.6. The van der Waals surface area contributed by atoms with E-state index in [0.29, 0.717) is 16.3 Å². The standard InChI is InChI=1S/C24H31N3O4S/c1-15-16(2)32-21(26-23(30)24(3,4)5)20(15)22(29)31-14-19(28)25-17-8-10-18(11-9-17)27-12-6-7-13-27/h8-11H,6-7,12-14H2,1-5H3,(H,25,28)(H,26,30).